The Kier molecular flexibility index (Phi) is 5.83. The summed E-state index contributed by atoms with van der Waals surface area (Å²) in [6.45, 7) is 5.20. The molecule has 3 heterocycles. The average Bonchev–Trinajstić information content (AvgIpc) is 3.02. The molecule has 8 nitrogen and oxygen atoms in total. The predicted octanol–water partition coefficient (Wildman–Crippen LogP) is 0.209. The third-order valence-corrected chi connectivity index (χ3v) is 4.60. The van der Waals surface area contributed by atoms with Gasteiger partial charge < -0.3 is 19.7 Å². The lowest BCUT2D eigenvalue weighted by atomic mass is 10.1. The van der Waals surface area contributed by atoms with Crippen molar-refractivity contribution in [1.29, 1.82) is 0 Å². The predicted molar refractivity (Wildman–Crippen MR) is 91.4 cm³/mol. The van der Waals surface area contributed by atoms with Gasteiger partial charge in [0.25, 0.3) is 0 Å². The molecule has 3 rings (SSSR count). The highest BCUT2D eigenvalue weighted by atomic mass is 16.5. The van der Waals surface area contributed by atoms with Crippen molar-refractivity contribution in [1.82, 2.24) is 14.8 Å². The maximum atomic E-state index is 12.5. The van der Waals surface area contributed by atoms with Crippen LogP contribution in [0.1, 0.15) is 6.42 Å². The molecule has 2 aliphatic rings. The maximum Gasteiger partial charge on any atom is 0.237 e. The van der Waals surface area contributed by atoms with Crippen LogP contribution in [-0.2, 0) is 14.3 Å². The molecule has 2 amide bonds. The van der Waals surface area contributed by atoms with Gasteiger partial charge in [0.15, 0.2) is 0 Å². The van der Waals surface area contributed by atoms with Crippen molar-refractivity contribution in [2.75, 3.05) is 58.4 Å². The molecule has 0 spiro atoms. The smallest absolute Gasteiger partial charge is 0.237 e. The number of nitrogens with zero attached hydrogens (tertiary/aromatic N) is 3. The Morgan fingerprint density at radius 3 is 2.96 bits per heavy atom. The van der Waals surface area contributed by atoms with Gasteiger partial charge in [0, 0.05) is 45.3 Å². The minimum Gasteiger partial charge on any atom is -0.480 e. The number of nitrogens with one attached hydrogen (secondary N) is 1. The van der Waals surface area contributed by atoms with E-state index in [1.54, 1.807) is 23.2 Å². The Labute approximate surface area is 147 Å². The number of methoxy groups -OCH3 is 1. The lowest BCUT2D eigenvalue weighted by Crippen LogP contribution is -2.42. The summed E-state index contributed by atoms with van der Waals surface area (Å²) in [6.07, 6.45) is 1.85. The lowest BCUT2D eigenvalue weighted by molar-refractivity contribution is -0.128. The van der Waals surface area contributed by atoms with Gasteiger partial charge in [-0.05, 0) is 12.1 Å². The lowest BCUT2D eigenvalue weighted by Gasteiger charge is -2.28. The Balaban J connectivity index is 1.51. The second kappa shape index (κ2) is 8.26. The molecule has 1 aromatic heterocycles. The standard InChI is InChI=1S/C17H24N4O4/c1-24-17-14(3-2-4-18-17)19-16(23)13-11-15(22)21(12-13)6-5-20-7-9-25-10-8-20/h2-4,13H,5-12H2,1H3,(H,19,23)/t13-/m0/s1. The zero-order chi connectivity index (χ0) is 17.6. The fourth-order valence-electron chi connectivity index (χ4n) is 3.13. The van der Waals surface area contributed by atoms with E-state index in [2.05, 4.69) is 15.2 Å². The molecule has 0 bridgehead atoms. The molecule has 8 heteroatoms. The number of carbonyl (C=O) groups excluding carboxylic acids is 2. The number of anilines is 1. The van der Waals surface area contributed by atoms with Crippen LogP contribution in [0.25, 0.3) is 0 Å². The van der Waals surface area contributed by atoms with Crippen LogP contribution >= 0.6 is 0 Å². The molecule has 1 N–H and O–H groups in total. The molecular weight excluding hydrogens is 324 g/mol. The topological polar surface area (TPSA) is 84.0 Å². The number of likely N-dealkylation sites (tertiary alicyclic amines) is 1. The Hall–Kier alpha value is -2.19. The number of morpholine rings is 1. The minimum absolute atomic E-state index is 0.0339. The summed E-state index contributed by atoms with van der Waals surface area (Å²) in [5.74, 6) is -0.119. The molecule has 25 heavy (non-hydrogen) atoms. The van der Waals surface area contributed by atoms with Crippen molar-refractivity contribution >= 4 is 17.5 Å². The van der Waals surface area contributed by atoms with Gasteiger partial charge in [0.1, 0.15) is 5.69 Å². The third-order valence-electron chi connectivity index (χ3n) is 4.60. The molecule has 0 saturated carbocycles. The van der Waals surface area contributed by atoms with Gasteiger partial charge in [0.05, 0.1) is 26.2 Å². The largest absolute Gasteiger partial charge is 0.480 e. The number of pyridine rings is 1. The van der Waals surface area contributed by atoms with Gasteiger partial charge in [0.2, 0.25) is 17.7 Å². The van der Waals surface area contributed by atoms with Crippen LogP contribution in [0.2, 0.25) is 0 Å². The second-order valence-corrected chi connectivity index (χ2v) is 6.24. The minimum atomic E-state index is -0.345. The zero-order valence-electron chi connectivity index (χ0n) is 14.4. The monoisotopic (exact) mass is 348 g/mol. The SMILES string of the molecule is COc1ncccc1NC(=O)[C@H]1CC(=O)N(CCN2CCOCC2)C1. The number of rotatable bonds is 6. The molecule has 136 valence electrons. The van der Waals surface area contributed by atoms with Gasteiger partial charge >= 0.3 is 0 Å². The van der Waals surface area contributed by atoms with Gasteiger partial charge in [-0.2, -0.15) is 0 Å². The van der Waals surface area contributed by atoms with Crippen molar-refractivity contribution in [2.24, 2.45) is 5.92 Å². The molecule has 0 unspecified atom stereocenters. The second-order valence-electron chi connectivity index (χ2n) is 6.24. The first-order valence-electron chi connectivity index (χ1n) is 8.55. The van der Waals surface area contributed by atoms with E-state index < -0.39 is 0 Å². The van der Waals surface area contributed by atoms with Crippen molar-refractivity contribution in [3.63, 3.8) is 0 Å². The first-order chi connectivity index (χ1) is 12.2. The number of amides is 2. The summed E-state index contributed by atoms with van der Waals surface area (Å²) in [7, 11) is 1.50. The molecule has 0 aromatic carbocycles. The maximum absolute atomic E-state index is 12.5. The van der Waals surface area contributed by atoms with E-state index in [1.807, 2.05) is 0 Å². The highest BCUT2D eigenvalue weighted by Gasteiger charge is 2.34. The van der Waals surface area contributed by atoms with Crippen LogP contribution in [0, 0.1) is 5.92 Å². The molecule has 2 saturated heterocycles. The summed E-state index contributed by atoms with van der Waals surface area (Å²) >= 11 is 0. The Morgan fingerprint density at radius 1 is 1.40 bits per heavy atom. The average molecular weight is 348 g/mol. The number of hydrogen-bond acceptors (Lipinski definition) is 6. The van der Waals surface area contributed by atoms with Crippen molar-refractivity contribution in [3.05, 3.63) is 18.3 Å². The van der Waals surface area contributed by atoms with E-state index in [0.29, 0.717) is 24.7 Å². The zero-order valence-corrected chi connectivity index (χ0v) is 14.4. The number of ether oxygens (including phenoxy) is 2. The van der Waals surface area contributed by atoms with Crippen LogP contribution in [0.3, 0.4) is 0 Å². The molecule has 1 atom stereocenters. The van der Waals surface area contributed by atoms with E-state index >= 15 is 0 Å². The molecule has 0 aliphatic carbocycles. The highest BCUT2D eigenvalue weighted by molar-refractivity contribution is 5.97. The third kappa shape index (κ3) is 4.46. The molecule has 2 fully saturated rings. The van der Waals surface area contributed by atoms with Gasteiger partial charge in [-0.15, -0.1) is 0 Å². The van der Waals surface area contributed by atoms with Crippen molar-refractivity contribution in [2.45, 2.75) is 6.42 Å². The molecule has 1 aromatic rings. The fraction of sp³-hybridized carbons (Fsp3) is 0.588. The summed E-state index contributed by atoms with van der Waals surface area (Å²) in [5, 5.41) is 2.82. The van der Waals surface area contributed by atoms with Crippen molar-refractivity contribution < 1.29 is 19.1 Å². The summed E-state index contributed by atoms with van der Waals surface area (Å²) in [6, 6.07) is 3.46. The Bertz CT molecular complexity index is 618. The summed E-state index contributed by atoms with van der Waals surface area (Å²) < 4.78 is 10.5. The van der Waals surface area contributed by atoms with Crippen LogP contribution in [-0.4, -0.2) is 79.6 Å². The van der Waals surface area contributed by atoms with Crippen LogP contribution in [0.15, 0.2) is 18.3 Å². The van der Waals surface area contributed by atoms with Gasteiger partial charge in [-0.1, -0.05) is 0 Å². The first kappa shape index (κ1) is 17.6. The van der Waals surface area contributed by atoms with Gasteiger partial charge in [-0.25, -0.2) is 4.98 Å². The van der Waals surface area contributed by atoms with Crippen LogP contribution in [0.4, 0.5) is 5.69 Å². The van der Waals surface area contributed by atoms with Gasteiger partial charge in [-0.3, -0.25) is 14.5 Å². The van der Waals surface area contributed by atoms with E-state index in [4.69, 9.17) is 9.47 Å². The number of hydrogen-bond donors (Lipinski definition) is 1. The molecular formula is C17H24N4O4. The normalized spacial score (nSPS) is 21.4. The summed E-state index contributed by atoms with van der Waals surface area (Å²) in [5.41, 5.74) is 0.522. The highest BCUT2D eigenvalue weighted by Crippen LogP contribution is 2.24. The number of carbonyl (C=O) groups is 2. The van der Waals surface area contributed by atoms with E-state index in [-0.39, 0.29) is 24.2 Å². The number of aromatic nitrogens is 1. The first-order valence-corrected chi connectivity index (χ1v) is 8.55. The fourth-order valence-corrected chi connectivity index (χ4v) is 3.13. The molecule has 2 aliphatic heterocycles. The van der Waals surface area contributed by atoms with Crippen LogP contribution in [0.5, 0.6) is 5.88 Å². The Morgan fingerprint density at radius 2 is 2.20 bits per heavy atom. The van der Waals surface area contributed by atoms with E-state index in [9.17, 15) is 9.59 Å². The quantitative estimate of drug-likeness (QED) is 0.791. The molecule has 0 radical (unpaired) electrons. The summed E-state index contributed by atoms with van der Waals surface area (Å²) in [4.78, 5) is 32.8. The van der Waals surface area contributed by atoms with E-state index in [0.717, 1.165) is 32.8 Å². The van der Waals surface area contributed by atoms with Crippen molar-refractivity contribution in [3.8, 4) is 5.88 Å². The van der Waals surface area contributed by atoms with Crippen LogP contribution < -0.4 is 10.1 Å². The van der Waals surface area contributed by atoms with E-state index in [1.165, 1.54) is 7.11 Å².